The van der Waals surface area contributed by atoms with E-state index in [1.54, 1.807) is 24.3 Å². The van der Waals surface area contributed by atoms with Gasteiger partial charge in [-0.2, -0.15) is 0 Å². The first-order valence-corrected chi connectivity index (χ1v) is 8.17. The Balaban J connectivity index is 1.67. The summed E-state index contributed by atoms with van der Waals surface area (Å²) in [4.78, 5) is 10.9. The largest absolute Gasteiger partial charge is 0.525 e. The van der Waals surface area contributed by atoms with Crippen molar-refractivity contribution >= 4 is 13.1 Å². The maximum absolute atomic E-state index is 14.7. The zero-order valence-electron chi connectivity index (χ0n) is 14.4. The van der Waals surface area contributed by atoms with Gasteiger partial charge in [0, 0.05) is 0 Å². The first-order chi connectivity index (χ1) is 11.1. The van der Waals surface area contributed by atoms with Gasteiger partial charge in [-0.15, -0.1) is 0 Å². The van der Waals surface area contributed by atoms with Crippen molar-refractivity contribution in [1.29, 1.82) is 0 Å². The number of allylic oxidation sites excluding steroid dienone is 1. The van der Waals surface area contributed by atoms with Crippen LogP contribution in [0, 0.1) is 0 Å². The predicted molar refractivity (Wildman–Crippen MR) is 89.6 cm³/mol. The summed E-state index contributed by atoms with van der Waals surface area (Å²) in [5.41, 5.74) is 0.604. The van der Waals surface area contributed by atoms with Crippen LogP contribution in [0.2, 0.25) is 0 Å². The third kappa shape index (κ3) is 2.89. The number of hydrogen-bond donors (Lipinski definition) is 1. The Labute approximate surface area is 141 Å². The van der Waals surface area contributed by atoms with Crippen LogP contribution in [0.4, 0.5) is 4.39 Å². The molecular weight excluding hydrogens is 310 g/mol. The Hall–Kier alpha value is -1.66. The number of hydrogen-bond acceptors (Lipinski definition) is 3. The molecule has 1 heterocycles. The molecule has 1 N–H and O–H groups in total. The van der Waals surface area contributed by atoms with E-state index < -0.39 is 24.3 Å². The molecule has 0 spiro atoms. The molecule has 6 heteroatoms. The van der Waals surface area contributed by atoms with E-state index in [-0.39, 0.29) is 17.2 Å². The lowest BCUT2D eigenvalue weighted by Crippen LogP contribution is -2.41. The topological polar surface area (TPSA) is 55.8 Å². The monoisotopic (exact) mass is 332 g/mol. The van der Waals surface area contributed by atoms with Crippen molar-refractivity contribution in [2.45, 2.75) is 57.7 Å². The van der Waals surface area contributed by atoms with Crippen LogP contribution in [0.5, 0.6) is 0 Å². The van der Waals surface area contributed by atoms with Crippen LogP contribution >= 0.6 is 0 Å². The number of halogens is 1. The number of aromatic carboxylic acids is 1. The Kier molecular flexibility index (Phi) is 4.08. The van der Waals surface area contributed by atoms with Gasteiger partial charge in [-0.25, -0.2) is 9.18 Å². The lowest BCUT2D eigenvalue weighted by atomic mass is 9.70. The molecule has 1 saturated carbocycles. The third-order valence-corrected chi connectivity index (χ3v) is 5.41. The van der Waals surface area contributed by atoms with Crippen LogP contribution in [0.25, 0.3) is 0 Å². The molecule has 3 rings (SSSR count). The van der Waals surface area contributed by atoms with Crippen LogP contribution in [0.15, 0.2) is 35.6 Å². The molecule has 0 aromatic heterocycles. The molecule has 1 aromatic carbocycles. The van der Waals surface area contributed by atoms with Crippen molar-refractivity contribution in [2.75, 3.05) is 0 Å². The SMILES string of the molecule is CC1(C)OB(C(F)=C2CC(c3ccc(C(=O)O)cc3)C2)OC1(C)C. The van der Waals surface area contributed by atoms with E-state index in [1.165, 1.54) is 0 Å². The molecule has 4 nitrogen and oxygen atoms in total. The average Bonchev–Trinajstić information content (AvgIpc) is 2.66. The molecule has 1 aliphatic heterocycles. The van der Waals surface area contributed by atoms with E-state index in [0.717, 1.165) is 11.1 Å². The van der Waals surface area contributed by atoms with E-state index in [4.69, 9.17) is 14.4 Å². The molecule has 1 saturated heterocycles. The molecule has 1 aromatic rings. The average molecular weight is 332 g/mol. The van der Waals surface area contributed by atoms with Crippen molar-refractivity contribution in [2.24, 2.45) is 0 Å². The fourth-order valence-electron chi connectivity index (χ4n) is 2.98. The van der Waals surface area contributed by atoms with E-state index in [0.29, 0.717) is 12.8 Å². The summed E-state index contributed by atoms with van der Waals surface area (Å²) >= 11 is 0. The summed E-state index contributed by atoms with van der Waals surface area (Å²) in [5, 5.41) is 8.92. The summed E-state index contributed by atoms with van der Waals surface area (Å²) in [5.74, 6) is -0.724. The number of benzene rings is 1. The Bertz CT molecular complexity index is 669. The van der Waals surface area contributed by atoms with Crippen LogP contribution in [0.1, 0.15) is 62.4 Å². The van der Waals surface area contributed by atoms with E-state index in [1.807, 2.05) is 27.7 Å². The zero-order valence-corrected chi connectivity index (χ0v) is 14.4. The maximum Gasteiger partial charge on any atom is 0.525 e. The molecule has 0 bridgehead atoms. The smallest absolute Gasteiger partial charge is 0.478 e. The highest BCUT2D eigenvalue weighted by molar-refractivity contribution is 6.53. The van der Waals surface area contributed by atoms with Crippen molar-refractivity contribution in [3.05, 3.63) is 46.7 Å². The quantitative estimate of drug-likeness (QED) is 0.846. The van der Waals surface area contributed by atoms with Crippen molar-refractivity contribution in [3.8, 4) is 0 Å². The second-order valence-electron chi connectivity index (χ2n) is 7.57. The molecule has 128 valence electrons. The minimum absolute atomic E-state index is 0.219. The van der Waals surface area contributed by atoms with Gasteiger partial charge in [0.15, 0.2) is 0 Å². The van der Waals surface area contributed by atoms with Gasteiger partial charge in [-0.1, -0.05) is 12.1 Å². The third-order valence-electron chi connectivity index (χ3n) is 5.41. The van der Waals surface area contributed by atoms with Crippen LogP contribution in [0.3, 0.4) is 0 Å². The summed E-state index contributed by atoms with van der Waals surface area (Å²) < 4.78 is 26.1. The Morgan fingerprint density at radius 3 is 2.08 bits per heavy atom. The molecule has 2 aliphatic rings. The maximum atomic E-state index is 14.7. The van der Waals surface area contributed by atoms with Gasteiger partial charge in [-0.3, -0.25) is 0 Å². The summed E-state index contributed by atoms with van der Waals surface area (Å²) in [6.45, 7) is 7.61. The molecule has 0 radical (unpaired) electrons. The lowest BCUT2D eigenvalue weighted by molar-refractivity contribution is 0.00578. The number of carboxylic acid groups (broad SMARTS) is 1. The molecule has 1 aliphatic carbocycles. The standard InChI is InChI=1S/C18H22BFO4/c1-17(2)18(3,4)24-19(23-17)15(20)14-9-13(10-14)11-5-7-12(8-6-11)16(21)22/h5-8,13H,9-10H2,1-4H3,(H,21,22). The molecule has 0 atom stereocenters. The van der Waals surface area contributed by atoms with Gasteiger partial charge in [0.05, 0.1) is 16.8 Å². The summed E-state index contributed by atoms with van der Waals surface area (Å²) in [6, 6.07) is 6.78. The van der Waals surface area contributed by atoms with E-state index in [9.17, 15) is 9.18 Å². The summed E-state index contributed by atoms with van der Waals surface area (Å²) in [7, 11) is -0.930. The molecular formula is C18H22BFO4. The van der Waals surface area contributed by atoms with Crippen molar-refractivity contribution in [1.82, 2.24) is 0 Å². The highest BCUT2D eigenvalue weighted by Crippen LogP contribution is 2.46. The van der Waals surface area contributed by atoms with Gasteiger partial charge >= 0.3 is 13.1 Å². The Morgan fingerprint density at radius 1 is 1.12 bits per heavy atom. The second kappa shape index (κ2) is 5.71. The zero-order chi connectivity index (χ0) is 17.7. The van der Waals surface area contributed by atoms with Crippen LogP contribution < -0.4 is 0 Å². The fourth-order valence-corrected chi connectivity index (χ4v) is 2.98. The molecule has 0 unspecified atom stereocenters. The number of carbonyl (C=O) groups is 1. The van der Waals surface area contributed by atoms with Crippen LogP contribution in [-0.4, -0.2) is 29.4 Å². The summed E-state index contributed by atoms with van der Waals surface area (Å²) in [6.07, 6.45) is 1.23. The van der Waals surface area contributed by atoms with Gasteiger partial charge in [0.1, 0.15) is 5.73 Å². The normalized spacial score (nSPS) is 24.6. The minimum Gasteiger partial charge on any atom is -0.478 e. The van der Waals surface area contributed by atoms with Gasteiger partial charge in [0.25, 0.3) is 0 Å². The predicted octanol–water partition coefficient (Wildman–Crippen LogP) is 4.12. The van der Waals surface area contributed by atoms with Crippen molar-refractivity contribution < 1.29 is 23.6 Å². The van der Waals surface area contributed by atoms with Gasteiger partial charge < -0.3 is 14.4 Å². The molecule has 0 amide bonds. The van der Waals surface area contributed by atoms with Gasteiger partial charge in [0.2, 0.25) is 0 Å². The van der Waals surface area contributed by atoms with E-state index >= 15 is 0 Å². The second-order valence-corrected chi connectivity index (χ2v) is 7.57. The highest BCUT2D eigenvalue weighted by atomic mass is 19.1. The molecule has 24 heavy (non-hydrogen) atoms. The van der Waals surface area contributed by atoms with E-state index in [2.05, 4.69) is 0 Å². The lowest BCUT2D eigenvalue weighted by Gasteiger charge is -2.32. The first kappa shape index (κ1) is 17.2. The Morgan fingerprint density at radius 2 is 1.62 bits per heavy atom. The van der Waals surface area contributed by atoms with Crippen molar-refractivity contribution in [3.63, 3.8) is 0 Å². The van der Waals surface area contributed by atoms with Crippen LogP contribution in [-0.2, 0) is 9.31 Å². The van der Waals surface area contributed by atoms with Gasteiger partial charge in [-0.05, 0) is 69.7 Å². The highest BCUT2D eigenvalue weighted by Gasteiger charge is 2.54. The number of carboxylic acids is 1. The minimum atomic E-state index is -0.942. The first-order valence-electron chi connectivity index (χ1n) is 8.17. The molecule has 2 fully saturated rings. The number of rotatable bonds is 3. The fraction of sp³-hybridized carbons (Fsp3) is 0.500.